The predicted octanol–water partition coefficient (Wildman–Crippen LogP) is 3.26. The Morgan fingerprint density at radius 3 is 2.28 bits per heavy atom. The number of likely N-dealkylation sites (N-methyl/N-ethyl adjacent to an activating group) is 1. The molecule has 32 heavy (non-hydrogen) atoms. The molecule has 1 atom stereocenters. The third kappa shape index (κ3) is 4.56. The van der Waals surface area contributed by atoms with Crippen molar-refractivity contribution in [3.05, 3.63) is 93.4 Å². The van der Waals surface area contributed by atoms with Crippen LogP contribution in [0.1, 0.15) is 28.4 Å². The van der Waals surface area contributed by atoms with E-state index in [0.717, 1.165) is 48.7 Å². The summed E-state index contributed by atoms with van der Waals surface area (Å²) < 4.78 is 7.00. The first-order valence-corrected chi connectivity index (χ1v) is 11.0. The van der Waals surface area contributed by atoms with Gasteiger partial charge in [0, 0.05) is 31.9 Å². The molecule has 1 fully saturated rings. The summed E-state index contributed by atoms with van der Waals surface area (Å²) in [5, 5.41) is 11.0. The molecule has 0 spiro atoms. The molecule has 4 rings (SSSR count). The van der Waals surface area contributed by atoms with E-state index in [1.807, 2.05) is 61.5 Å². The second-order valence-corrected chi connectivity index (χ2v) is 8.48. The maximum atomic E-state index is 13.8. The highest BCUT2D eigenvalue weighted by Gasteiger charge is 2.30. The standard InChI is InChI=1S/C26H31N3O3/c1-19-17-23(30)24(26(31)29(19)18-20-9-11-22(32-3)12-10-20)25(21-7-5-4-6-8-21)28-15-13-27(2)14-16-28/h4-12,17,25,30H,13-16,18H2,1-3H3/t25-/m1/s1. The van der Waals surface area contributed by atoms with Crippen LogP contribution in [0.15, 0.2) is 65.5 Å². The number of rotatable bonds is 6. The predicted molar refractivity (Wildman–Crippen MR) is 127 cm³/mol. The van der Waals surface area contributed by atoms with Crippen LogP contribution in [0.4, 0.5) is 0 Å². The summed E-state index contributed by atoms with van der Waals surface area (Å²) in [6.45, 7) is 5.82. The largest absolute Gasteiger partial charge is 0.507 e. The summed E-state index contributed by atoms with van der Waals surface area (Å²) in [6.07, 6.45) is 0. The van der Waals surface area contributed by atoms with E-state index in [9.17, 15) is 9.90 Å². The molecular weight excluding hydrogens is 402 g/mol. The summed E-state index contributed by atoms with van der Waals surface area (Å²) in [5.41, 5.74) is 3.05. The summed E-state index contributed by atoms with van der Waals surface area (Å²) in [7, 11) is 3.75. The fourth-order valence-electron chi connectivity index (χ4n) is 4.41. The van der Waals surface area contributed by atoms with E-state index in [0.29, 0.717) is 12.1 Å². The van der Waals surface area contributed by atoms with Gasteiger partial charge in [-0.25, -0.2) is 0 Å². The summed E-state index contributed by atoms with van der Waals surface area (Å²) in [4.78, 5) is 18.4. The van der Waals surface area contributed by atoms with Crippen LogP contribution in [0, 0.1) is 6.92 Å². The summed E-state index contributed by atoms with van der Waals surface area (Å²) >= 11 is 0. The lowest BCUT2D eigenvalue weighted by atomic mass is 9.96. The molecule has 2 aromatic carbocycles. The normalized spacial score (nSPS) is 16.1. The average molecular weight is 434 g/mol. The fourth-order valence-corrected chi connectivity index (χ4v) is 4.41. The molecule has 1 saturated heterocycles. The molecular formula is C26H31N3O3. The molecule has 3 aromatic rings. The molecule has 1 N–H and O–H groups in total. The Morgan fingerprint density at radius 1 is 1.00 bits per heavy atom. The maximum absolute atomic E-state index is 13.8. The first-order valence-electron chi connectivity index (χ1n) is 11.0. The van der Waals surface area contributed by atoms with E-state index in [1.165, 1.54) is 0 Å². The van der Waals surface area contributed by atoms with E-state index < -0.39 is 0 Å². The van der Waals surface area contributed by atoms with Crippen molar-refractivity contribution in [2.24, 2.45) is 0 Å². The number of aryl methyl sites for hydroxylation is 1. The van der Waals surface area contributed by atoms with Crippen molar-refractivity contribution in [2.75, 3.05) is 40.3 Å². The maximum Gasteiger partial charge on any atom is 0.259 e. The smallest absolute Gasteiger partial charge is 0.259 e. The van der Waals surface area contributed by atoms with Gasteiger partial charge in [-0.05, 0) is 43.3 Å². The number of pyridine rings is 1. The van der Waals surface area contributed by atoms with Gasteiger partial charge < -0.3 is 19.3 Å². The van der Waals surface area contributed by atoms with E-state index >= 15 is 0 Å². The van der Waals surface area contributed by atoms with Gasteiger partial charge in [0.05, 0.1) is 25.3 Å². The van der Waals surface area contributed by atoms with Gasteiger partial charge in [0.15, 0.2) is 0 Å². The highest BCUT2D eigenvalue weighted by atomic mass is 16.5. The fraction of sp³-hybridized carbons (Fsp3) is 0.346. The van der Waals surface area contributed by atoms with Crippen LogP contribution in [0.25, 0.3) is 0 Å². The van der Waals surface area contributed by atoms with Crippen molar-refractivity contribution in [3.8, 4) is 11.5 Å². The number of piperazine rings is 1. The van der Waals surface area contributed by atoms with Gasteiger partial charge in [0.25, 0.3) is 5.56 Å². The Labute approximate surface area is 189 Å². The molecule has 0 bridgehead atoms. The molecule has 0 amide bonds. The number of benzene rings is 2. The topological polar surface area (TPSA) is 57.9 Å². The number of aromatic hydroxyl groups is 1. The minimum Gasteiger partial charge on any atom is -0.507 e. The van der Waals surface area contributed by atoms with E-state index in [-0.39, 0.29) is 17.4 Å². The van der Waals surface area contributed by atoms with Crippen LogP contribution in [0.5, 0.6) is 11.5 Å². The highest BCUT2D eigenvalue weighted by Crippen LogP contribution is 2.33. The minimum atomic E-state index is -0.292. The van der Waals surface area contributed by atoms with E-state index in [4.69, 9.17) is 4.74 Å². The van der Waals surface area contributed by atoms with Crippen molar-refractivity contribution in [1.82, 2.24) is 14.4 Å². The molecule has 0 aliphatic carbocycles. The van der Waals surface area contributed by atoms with Crippen molar-refractivity contribution in [2.45, 2.75) is 19.5 Å². The molecule has 6 nitrogen and oxygen atoms in total. The van der Waals surface area contributed by atoms with Gasteiger partial charge in [-0.3, -0.25) is 9.69 Å². The van der Waals surface area contributed by atoms with Gasteiger partial charge >= 0.3 is 0 Å². The number of hydrogen-bond donors (Lipinski definition) is 1. The zero-order valence-corrected chi connectivity index (χ0v) is 19.0. The van der Waals surface area contributed by atoms with Gasteiger partial charge in [-0.1, -0.05) is 42.5 Å². The van der Waals surface area contributed by atoms with Crippen LogP contribution in [0.3, 0.4) is 0 Å². The lowest BCUT2D eigenvalue weighted by Gasteiger charge is -2.38. The summed E-state index contributed by atoms with van der Waals surface area (Å²) in [5.74, 6) is 0.842. The second-order valence-electron chi connectivity index (χ2n) is 8.48. The molecule has 6 heteroatoms. The van der Waals surface area contributed by atoms with Crippen molar-refractivity contribution < 1.29 is 9.84 Å². The highest BCUT2D eigenvalue weighted by molar-refractivity contribution is 5.41. The number of nitrogens with zero attached hydrogens (tertiary/aromatic N) is 3. The van der Waals surface area contributed by atoms with E-state index in [1.54, 1.807) is 17.7 Å². The Morgan fingerprint density at radius 2 is 1.66 bits per heavy atom. The average Bonchev–Trinajstić information content (AvgIpc) is 2.81. The Hall–Kier alpha value is -3.09. The SMILES string of the molecule is COc1ccc(Cn2c(C)cc(O)c([C@@H](c3ccccc3)N3CCN(C)CC3)c2=O)cc1. The number of aromatic nitrogens is 1. The van der Waals surface area contributed by atoms with Crippen LogP contribution in [-0.2, 0) is 6.54 Å². The molecule has 0 saturated carbocycles. The van der Waals surface area contributed by atoms with Crippen LogP contribution in [0.2, 0.25) is 0 Å². The molecule has 1 aliphatic heterocycles. The van der Waals surface area contributed by atoms with Crippen LogP contribution < -0.4 is 10.3 Å². The monoisotopic (exact) mass is 433 g/mol. The minimum absolute atomic E-state index is 0.0614. The van der Waals surface area contributed by atoms with Crippen LogP contribution >= 0.6 is 0 Å². The third-order valence-electron chi connectivity index (χ3n) is 6.31. The third-order valence-corrected chi connectivity index (χ3v) is 6.31. The van der Waals surface area contributed by atoms with Gasteiger partial charge in [-0.15, -0.1) is 0 Å². The van der Waals surface area contributed by atoms with Crippen LogP contribution in [-0.4, -0.2) is 59.8 Å². The van der Waals surface area contributed by atoms with Crippen molar-refractivity contribution >= 4 is 0 Å². The number of hydrogen-bond acceptors (Lipinski definition) is 5. The zero-order valence-electron chi connectivity index (χ0n) is 19.0. The van der Waals surface area contributed by atoms with Crippen molar-refractivity contribution in [3.63, 3.8) is 0 Å². The quantitative estimate of drug-likeness (QED) is 0.647. The molecule has 2 heterocycles. The molecule has 0 radical (unpaired) electrons. The first kappa shape index (κ1) is 22.1. The number of ether oxygens (including phenoxy) is 1. The lowest BCUT2D eigenvalue weighted by Crippen LogP contribution is -2.47. The Balaban J connectivity index is 1.78. The number of methoxy groups -OCH3 is 1. The van der Waals surface area contributed by atoms with Gasteiger partial charge in [0.2, 0.25) is 0 Å². The Bertz CT molecular complexity index is 1100. The van der Waals surface area contributed by atoms with Gasteiger partial charge in [0.1, 0.15) is 11.5 Å². The van der Waals surface area contributed by atoms with E-state index in [2.05, 4.69) is 16.8 Å². The molecule has 1 aliphatic rings. The van der Waals surface area contributed by atoms with Gasteiger partial charge in [-0.2, -0.15) is 0 Å². The molecule has 168 valence electrons. The summed E-state index contributed by atoms with van der Waals surface area (Å²) in [6, 6.07) is 19.2. The lowest BCUT2D eigenvalue weighted by molar-refractivity contribution is 0.125. The first-order chi connectivity index (χ1) is 15.5. The Kier molecular flexibility index (Phi) is 6.63. The van der Waals surface area contributed by atoms with Crippen molar-refractivity contribution in [1.29, 1.82) is 0 Å². The second kappa shape index (κ2) is 9.59. The molecule has 0 unspecified atom stereocenters. The zero-order chi connectivity index (χ0) is 22.7. The molecule has 1 aromatic heterocycles.